The van der Waals surface area contributed by atoms with Crippen LogP contribution in [0.5, 0.6) is 0 Å². The van der Waals surface area contributed by atoms with Gasteiger partial charge in [-0.1, -0.05) is 18.2 Å². The van der Waals surface area contributed by atoms with E-state index in [1.54, 1.807) is 6.20 Å². The second kappa shape index (κ2) is 4.37. The molecule has 0 aliphatic heterocycles. The molecule has 0 saturated heterocycles. The van der Waals surface area contributed by atoms with Crippen LogP contribution in [-0.2, 0) is 5.88 Å². The van der Waals surface area contributed by atoms with E-state index in [2.05, 4.69) is 20.9 Å². The number of aryl methyl sites for hydroxylation is 1. The van der Waals surface area contributed by atoms with Gasteiger partial charge in [-0.05, 0) is 28.4 Å². The van der Waals surface area contributed by atoms with E-state index in [0.717, 1.165) is 21.4 Å². The average molecular weight is 287 g/mol. The van der Waals surface area contributed by atoms with Gasteiger partial charge in [-0.25, -0.2) is 4.98 Å². The van der Waals surface area contributed by atoms with Crippen LogP contribution in [0.25, 0.3) is 11.3 Å². The highest BCUT2D eigenvalue weighted by molar-refractivity contribution is 9.10. The first-order valence-corrected chi connectivity index (χ1v) is 5.81. The zero-order chi connectivity index (χ0) is 10.8. The molecule has 0 radical (unpaired) electrons. The molecule has 0 aliphatic carbocycles. The molecule has 2 nitrogen and oxygen atoms in total. The Balaban J connectivity index is 2.49. The highest BCUT2D eigenvalue weighted by Crippen LogP contribution is 2.31. The largest absolute Gasteiger partial charge is 0.439 e. The molecule has 2 rings (SSSR count). The highest BCUT2D eigenvalue weighted by atomic mass is 79.9. The van der Waals surface area contributed by atoms with Crippen molar-refractivity contribution in [3.8, 4) is 11.3 Å². The molecular formula is C11H9BrClNO. The van der Waals surface area contributed by atoms with Crippen molar-refractivity contribution in [2.75, 3.05) is 0 Å². The normalized spacial score (nSPS) is 10.6. The van der Waals surface area contributed by atoms with Crippen molar-refractivity contribution in [2.24, 2.45) is 0 Å². The van der Waals surface area contributed by atoms with Gasteiger partial charge in [0.15, 0.2) is 5.76 Å². The Hall–Kier alpha value is -0.800. The van der Waals surface area contributed by atoms with Crippen LogP contribution in [0.4, 0.5) is 0 Å². The van der Waals surface area contributed by atoms with Gasteiger partial charge in [0.25, 0.3) is 0 Å². The Morgan fingerprint density at radius 2 is 2.27 bits per heavy atom. The molecule has 0 unspecified atom stereocenters. The summed E-state index contributed by atoms with van der Waals surface area (Å²) < 4.78 is 6.51. The molecule has 15 heavy (non-hydrogen) atoms. The summed E-state index contributed by atoms with van der Waals surface area (Å²) in [5.74, 6) is 1.57. The van der Waals surface area contributed by atoms with E-state index in [0.29, 0.717) is 11.8 Å². The van der Waals surface area contributed by atoms with Gasteiger partial charge in [0.2, 0.25) is 5.89 Å². The summed E-state index contributed by atoms with van der Waals surface area (Å²) in [4.78, 5) is 4.06. The molecule has 1 aromatic carbocycles. The van der Waals surface area contributed by atoms with Crippen molar-refractivity contribution in [3.63, 3.8) is 0 Å². The minimum atomic E-state index is 0.295. The van der Waals surface area contributed by atoms with E-state index in [4.69, 9.17) is 16.0 Å². The molecule has 0 fully saturated rings. The Labute approximate surface area is 101 Å². The topological polar surface area (TPSA) is 26.0 Å². The third-order valence-corrected chi connectivity index (χ3v) is 3.41. The zero-order valence-corrected chi connectivity index (χ0v) is 10.5. The maximum Gasteiger partial charge on any atom is 0.209 e. The molecule has 0 saturated carbocycles. The van der Waals surface area contributed by atoms with Crippen LogP contribution in [0.2, 0.25) is 0 Å². The van der Waals surface area contributed by atoms with Crippen molar-refractivity contribution >= 4 is 27.5 Å². The summed E-state index contributed by atoms with van der Waals surface area (Å²) in [5.41, 5.74) is 2.16. The summed E-state index contributed by atoms with van der Waals surface area (Å²) in [6, 6.07) is 6.00. The summed E-state index contributed by atoms with van der Waals surface area (Å²) in [5, 5.41) is 0. The first-order chi connectivity index (χ1) is 7.22. The SMILES string of the molecule is Cc1cccc(-c2cnc(CCl)o2)c1Br. The molecule has 0 atom stereocenters. The molecule has 0 aliphatic rings. The summed E-state index contributed by atoms with van der Waals surface area (Å²) >= 11 is 9.16. The lowest BCUT2D eigenvalue weighted by Crippen LogP contribution is -1.80. The molecule has 0 bridgehead atoms. The van der Waals surface area contributed by atoms with Crippen LogP contribution in [-0.4, -0.2) is 4.98 Å². The van der Waals surface area contributed by atoms with Crippen LogP contribution in [0.3, 0.4) is 0 Å². The Morgan fingerprint density at radius 1 is 1.47 bits per heavy atom. The van der Waals surface area contributed by atoms with Crippen molar-refractivity contribution < 1.29 is 4.42 Å². The van der Waals surface area contributed by atoms with Gasteiger partial charge in [-0.3, -0.25) is 0 Å². The van der Waals surface area contributed by atoms with Gasteiger partial charge in [0, 0.05) is 10.0 Å². The Kier molecular flexibility index (Phi) is 3.12. The highest BCUT2D eigenvalue weighted by Gasteiger charge is 2.09. The lowest BCUT2D eigenvalue weighted by Gasteiger charge is -2.02. The number of hydrogen-bond acceptors (Lipinski definition) is 2. The summed E-state index contributed by atoms with van der Waals surface area (Å²) in [7, 11) is 0. The van der Waals surface area contributed by atoms with E-state index in [-0.39, 0.29) is 0 Å². The van der Waals surface area contributed by atoms with Crippen molar-refractivity contribution in [2.45, 2.75) is 12.8 Å². The first kappa shape index (κ1) is 10.7. The fourth-order valence-corrected chi connectivity index (χ4v) is 1.92. The smallest absolute Gasteiger partial charge is 0.209 e. The number of nitrogens with zero attached hydrogens (tertiary/aromatic N) is 1. The monoisotopic (exact) mass is 285 g/mol. The number of oxazole rings is 1. The molecule has 2 aromatic rings. The number of benzene rings is 1. The fraction of sp³-hybridized carbons (Fsp3) is 0.182. The van der Waals surface area contributed by atoms with Crippen LogP contribution < -0.4 is 0 Å². The lowest BCUT2D eigenvalue weighted by atomic mass is 10.1. The number of hydrogen-bond donors (Lipinski definition) is 0. The lowest BCUT2D eigenvalue weighted by molar-refractivity contribution is 0.528. The fourth-order valence-electron chi connectivity index (χ4n) is 1.33. The van der Waals surface area contributed by atoms with Crippen molar-refractivity contribution in [1.29, 1.82) is 0 Å². The quantitative estimate of drug-likeness (QED) is 0.775. The van der Waals surface area contributed by atoms with Crippen molar-refractivity contribution in [3.05, 3.63) is 40.3 Å². The van der Waals surface area contributed by atoms with Crippen LogP contribution in [0.15, 0.2) is 33.3 Å². The average Bonchev–Trinajstić information content (AvgIpc) is 2.70. The number of rotatable bonds is 2. The van der Waals surface area contributed by atoms with Crippen LogP contribution >= 0.6 is 27.5 Å². The van der Waals surface area contributed by atoms with Crippen LogP contribution in [0, 0.1) is 6.92 Å². The van der Waals surface area contributed by atoms with Gasteiger partial charge < -0.3 is 4.42 Å². The van der Waals surface area contributed by atoms with Crippen LogP contribution in [0.1, 0.15) is 11.5 Å². The maximum absolute atomic E-state index is 5.63. The minimum absolute atomic E-state index is 0.295. The number of halogens is 2. The molecule has 4 heteroatoms. The second-order valence-corrected chi connectivity index (χ2v) is 4.25. The predicted molar refractivity (Wildman–Crippen MR) is 63.9 cm³/mol. The maximum atomic E-state index is 5.63. The molecule has 0 N–H and O–H groups in total. The van der Waals surface area contributed by atoms with E-state index >= 15 is 0 Å². The Morgan fingerprint density at radius 3 is 2.93 bits per heavy atom. The minimum Gasteiger partial charge on any atom is -0.439 e. The molecular weight excluding hydrogens is 277 g/mol. The van der Waals surface area contributed by atoms with Gasteiger partial charge in [-0.15, -0.1) is 11.6 Å². The van der Waals surface area contributed by atoms with Gasteiger partial charge in [0.05, 0.1) is 12.1 Å². The van der Waals surface area contributed by atoms with Gasteiger partial charge >= 0.3 is 0 Å². The predicted octanol–water partition coefficient (Wildman–Crippen LogP) is 4.15. The van der Waals surface area contributed by atoms with E-state index in [9.17, 15) is 0 Å². The molecule has 78 valence electrons. The first-order valence-electron chi connectivity index (χ1n) is 4.48. The van der Waals surface area contributed by atoms with E-state index in [1.807, 2.05) is 25.1 Å². The summed E-state index contributed by atoms with van der Waals surface area (Å²) in [6.45, 7) is 2.03. The molecule has 0 amide bonds. The number of alkyl halides is 1. The molecule has 1 aromatic heterocycles. The molecule has 1 heterocycles. The Bertz CT molecular complexity index is 481. The van der Waals surface area contributed by atoms with Gasteiger partial charge in [0.1, 0.15) is 0 Å². The van der Waals surface area contributed by atoms with E-state index < -0.39 is 0 Å². The standard InChI is InChI=1S/C11H9BrClNO/c1-7-3-2-4-8(11(7)12)9-6-14-10(5-13)15-9/h2-4,6H,5H2,1H3. The van der Waals surface area contributed by atoms with Gasteiger partial charge in [-0.2, -0.15) is 0 Å². The third kappa shape index (κ3) is 2.08. The van der Waals surface area contributed by atoms with E-state index in [1.165, 1.54) is 0 Å². The molecule has 0 spiro atoms. The van der Waals surface area contributed by atoms with Crippen molar-refractivity contribution in [1.82, 2.24) is 4.98 Å². The summed E-state index contributed by atoms with van der Waals surface area (Å²) in [6.07, 6.45) is 1.69. The second-order valence-electron chi connectivity index (χ2n) is 3.19. The zero-order valence-electron chi connectivity index (χ0n) is 8.13. The third-order valence-electron chi connectivity index (χ3n) is 2.13. The number of aromatic nitrogens is 1.